The fraction of sp³-hybridized carbons (Fsp3) is 0.615. The summed E-state index contributed by atoms with van der Waals surface area (Å²) in [7, 11) is 0. The average Bonchev–Trinajstić information content (AvgIpc) is 2.95. The van der Waals surface area contributed by atoms with Crippen molar-refractivity contribution in [2.24, 2.45) is 11.8 Å². The number of aromatic nitrogens is 1. The topological polar surface area (TPSA) is 25.4 Å². The highest BCUT2D eigenvalue weighted by molar-refractivity contribution is 5.24. The maximum atomic E-state index is 5.97. The molecule has 4 unspecified atom stereocenters. The maximum Gasteiger partial charge on any atom is 0.137 e. The summed E-state index contributed by atoms with van der Waals surface area (Å²) in [5.74, 6) is 1.43. The van der Waals surface area contributed by atoms with Crippen LogP contribution in [-0.2, 0) is 10.3 Å². The van der Waals surface area contributed by atoms with E-state index in [4.69, 9.17) is 4.74 Å². The molecule has 2 aliphatic rings. The first-order valence-corrected chi connectivity index (χ1v) is 5.82. The lowest BCUT2D eigenvalue weighted by Crippen LogP contribution is -2.28. The van der Waals surface area contributed by atoms with Gasteiger partial charge in [0.2, 0.25) is 0 Å². The van der Waals surface area contributed by atoms with E-state index in [0.717, 1.165) is 18.0 Å². The lowest BCUT2D eigenvalue weighted by atomic mass is 9.75. The first kappa shape index (κ1) is 9.34. The first-order valence-electron chi connectivity index (χ1n) is 5.82. The molecule has 0 radical (unpaired) electrons. The highest BCUT2D eigenvalue weighted by atomic mass is 16.6. The van der Waals surface area contributed by atoms with Crippen LogP contribution in [0.5, 0.6) is 0 Å². The molecule has 1 aromatic heterocycles. The lowest BCUT2D eigenvalue weighted by molar-refractivity contribution is 0.257. The van der Waals surface area contributed by atoms with E-state index in [2.05, 4.69) is 31.0 Å². The Bertz CT molecular complexity index is 364. The average molecular weight is 203 g/mol. The van der Waals surface area contributed by atoms with Crippen LogP contribution >= 0.6 is 0 Å². The molecule has 3 rings (SSSR count). The third-order valence-electron chi connectivity index (χ3n) is 3.78. The monoisotopic (exact) mass is 203 g/mol. The van der Waals surface area contributed by atoms with Crippen molar-refractivity contribution in [1.82, 2.24) is 4.98 Å². The largest absolute Gasteiger partial charge is 0.359 e. The lowest BCUT2D eigenvalue weighted by Gasteiger charge is -2.26. The van der Waals surface area contributed by atoms with Crippen molar-refractivity contribution in [1.29, 1.82) is 0 Å². The predicted molar refractivity (Wildman–Crippen MR) is 58.4 cm³/mol. The summed E-state index contributed by atoms with van der Waals surface area (Å²) >= 11 is 0. The minimum atomic E-state index is -0.0294. The molecule has 2 nitrogen and oxygen atoms in total. The zero-order valence-corrected chi connectivity index (χ0v) is 9.31. The van der Waals surface area contributed by atoms with Crippen LogP contribution in [0.4, 0.5) is 0 Å². The van der Waals surface area contributed by atoms with Gasteiger partial charge in [-0.2, -0.15) is 0 Å². The Kier molecular flexibility index (Phi) is 1.90. The predicted octanol–water partition coefficient (Wildman–Crippen LogP) is 2.74. The Hall–Kier alpha value is -0.890. The first-order chi connectivity index (χ1) is 7.22. The minimum Gasteiger partial charge on any atom is -0.359 e. The number of rotatable bonds is 1. The summed E-state index contributed by atoms with van der Waals surface area (Å²) in [4.78, 5) is 4.46. The van der Waals surface area contributed by atoms with Gasteiger partial charge in [0.25, 0.3) is 0 Å². The van der Waals surface area contributed by atoms with Crippen molar-refractivity contribution >= 4 is 0 Å². The van der Waals surface area contributed by atoms with Crippen molar-refractivity contribution in [3.63, 3.8) is 0 Å². The third-order valence-corrected chi connectivity index (χ3v) is 3.78. The van der Waals surface area contributed by atoms with Gasteiger partial charge in [-0.15, -0.1) is 0 Å². The molecular formula is C13H17NO. The van der Waals surface area contributed by atoms with Gasteiger partial charge in [0.15, 0.2) is 0 Å². The standard InChI is InChI=1S/C13H17NO/c1-9-7-10(2)12-13(8-9,15-12)11-5-3-4-6-14-11/h3-6,9-10,12H,7-8H2,1-2H3. The van der Waals surface area contributed by atoms with Gasteiger partial charge in [0.05, 0.1) is 11.8 Å². The Morgan fingerprint density at radius 1 is 1.40 bits per heavy atom. The quantitative estimate of drug-likeness (QED) is 0.656. The van der Waals surface area contributed by atoms with Crippen LogP contribution in [-0.4, -0.2) is 11.1 Å². The maximum absolute atomic E-state index is 5.97. The number of hydrogen-bond acceptors (Lipinski definition) is 2. The molecule has 4 atom stereocenters. The molecule has 0 aromatic carbocycles. The van der Waals surface area contributed by atoms with E-state index < -0.39 is 0 Å². The molecule has 0 spiro atoms. The summed E-state index contributed by atoms with van der Waals surface area (Å²) in [6, 6.07) is 6.12. The molecule has 1 aliphatic carbocycles. The van der Waals surface area contributed by atoms with Gasteiger partial charge >= 0.3 is 0 Å². The van der Waals surface area contributed by atoms with Gasteiger partial charge in [-0.3, -0.25) is 4.98 Å². The molecule has 0 bridgehead atoms. The zero-order chi connectivity index (χ0) is 10.5. The van der Waals surface area contributed by atoms with Crippen molar-refractivity contribution in [2.45, 2.75) is 38.4 Å². The SMILES string of the molecule is CC1CC(C)C2OC2(c2ccccn2)C1. The molecule has 2 heterocycles. The Balaban J connectivity index is 1.94. The van der Waals surface area contributed by atoms with Crippen LogP contribution < -0.4 is 0 Å². The van der Waals surface area contributed by atoms with Crippen LogP contribution in [0.15, 0.2) is 24.4 Å². The van der Waals surface area contributed by atoms with Gasteiger partial charge < -0.3 is 4.74 Å². The van der Waals surface area contributed by atoms with E-state index in [0.29, 0.717) is 12.0 Å². The molecule has 2 fully saturated rings. The van der Waals surface area contributed by atoms with E-state index in [1.165, 1.54) is 6.42 Å². The summed E-state index contributed by atoms with van der Waals surface area (Å²) in [6.45, 7) is 4.62. The van der Waals surface area contributed by atoms with E-state index in [1.807, 2.05) is 12.3 Å². The van der Waals surface area contributed by atoms with Gasteiger partial charge in [0, 0.05) is 6.20 Å². The second-order valence-electron chi connectivity index (χ2n) is 5.17. The van der Waals surface area contributed by atoms with Crippen molar-refractivity contribution in [3.8, 4) is 0 Å². The number of ether oxygens (including phenoxy) is 1. The van der Waals surface area contributed by atoms with Crippen LogP contribution in [0.1, 0.15) is 32.4 Å². The highest BCUT2D eigenvalue weighted by Gasteiger charge is 2.63. The molecule has 0 N–H and O–H groups in total. The molecule has 80 valence electrons. The molecule has 0 amide bonds. The number of pyridine rings is 1. The smallest absolute Gasteiger partial charge is 0.137 e. The molecule has 2 heteroatoms. The summed E-state index contributed by atoms with van der Waals surface area (Å²) < 4.78 is 5.97. The molecule has 1 saturated carbocycles. The van der Waals surface area contributed by atoms with Gasteiger partial charge in [-0.05, 0) is 36.8 Å². The molecule has 15 heavy (non-hydrogen) atoms. The Morgan fingerprint density at radius 2 is 2.27 bits per heavy atom. The van der Waals surface area contributed by atoms with Gasteiger partial charge in [-0.25, -0.2) is 0 Å². The number of epoxide rings is 1. The summed E-state index contributed by atoms with van der Waals surface area (Å²) in [6.07, 6.45) is 4.72. The van der Waals surface area contributed by atoms with Crippen molar-refractivity contribution < 1.29 is 4.74 Å². The molecule has 1 saturated heterocycles. The van der Waals surface area contributed by atoms with E-state index in [9.17, 15) is 0 Å². The normalized spacial score (nSPS) is 43.5. The van der Waals surface area contributed by atoms with E-state index in [1.54, 1.807) is 0 Å². The molecule has 1 aliphatic heterocycles. The summed E-state index contributed by atoms with van der Waals surface area (Å²) in [5.41, 5.74) is 1.10. The number of fused-ring (bicyclic) bond motifs is 1. The zero-order valence-electron chi connectivity index (χ0n) is 9.31. The summed E-state index contributed by atoms with van der Waals surface area (Å²) in [5, 5.41) is 0. The number of hydrogen-bond donors (Lipinski definition) is 0. The van der Waals surface area contributed by atoms with Crippen LogP contribution in [0.2, 0.25) is 0 Å². The van der Waals surface area contributed by atoms with Crippen LogP contribution in [0.25, 0.3) is 0 Å². The third kappa shape index (κ3) is 1.31. The molecule has 1 aromatic rings. The number of nitrogens with zero attached hydrogens (tertiary/aromatic N) is 1. The second kappa shape index (κ2) is 3.05. The highest BCUT2D eigenvalue weighted by Crippen LogP contribution is 2.58. The van der Waals surface area contributed by atoms with Crippen LogP contribution in [0, 0.1) is 11.8 Å². The van der Waals surface area contributed by atoms with Gasteiger partial charge in [-0.1, -0.05) is 19.9 Å². The van der Waals surface area contributed by atoms with E-state index >= 15 is 0 Å². The fourth-order valence-corrected chi connectivity index (χ4v) is 3.22. The van der Waals surface area contributed by atoms with Crippen molar-refractivity contribution in [2.75, 3.05) is 0 Å². The fourth-order valence-electron chi connectivity index (χ4n) is 3.22. The minimum absolute atomic E-state index is 0.0294. The van der Waals surface area contributed by atoms with Crippen LogP contribution in [0.3, 0.4) is 0 Å². The second-order valence-corrected chi connectivity index (χ2v) is 5.17. The Morgan fingerprint density at radius 3 is 3.00 bits per heavy atom. The van der Waals surface area contributed by atoms with Gasteiger partial charge in [0.1, 0.15) is 5.60 Å². The van der Waals surface area contributed by atoms with E-state index in [-0.39, 0.29) is 5.60 Å². The van der Waals surface area contributed by atoms with Crippen molar-refractivity contribution in [3.05, 3.63) is 30.1 Å². The Labute approximate surface area is 90.7 Å². The molecular weight excluding hydrogens is 186 g/mol.